The van der Waals surface area contributed by atoms with Gasteiger partial charge in [0.2, 0.25) is 5.91 Å². The van der Waals surface area contributed by atoms with E-state index in [2.05, 4.69) is 32.7 Å². The number of nitrogens with one attached hydrogen (secondary N) is 1. The second-order valence-electron chi connectivity index (χ2n) is 12.8. The van der Waals surface area contributed by atoms with Gasteiger partial charge in [-0.3, -0.25) is 14.7 Å². The molecule has 0 unspecified atom stereocenters. The molecule has 2 aromatic heterocycles. The van der Waals surface area contributed by atoms with Crippen LogP contribution in [0.3, 0.4) is 0 Å². The van der Waals surface area contributed by atoms with Crippen LogP contribution in [0.25, 0.3) is 10.9 Å². The quantitative estimate of drug-likeness (QED) is 0.272. The fraction of sp³-hybridized carbons (Fsp3) is 0.486. The summed E-state index contributed by atoms with van der Waals surface area (Å²) < 4.78 is 55.1. The van der Waals surface area contributed by atoms with Gasteiger partial charge in [0.25, 0.3) is 0 Å². The monoisotopic (exact) mass is 660 g/mol. The van der Waals surface area contributed by atoms with E-state index in [-0.39, 0.29) is 46.8 Å². The van der Waals surface area contributed by atoms with Crippen molar-refractivity contribution in [2.45, 2.75) is 31.2 Å². The summed E-state index contributed by atoms with van der Waals surface area (Å²) in [6.45, 7) is 9.69. The summed E-state index contributed by atoms with van der Waals surface area (Å²) in [5.74, 6) is 1.01. The normalized spacial score (nSPS) is 22.1. The number of morpholine rings is 1. The molecule has 2 atom stereocenters. The summed E-state index contributed by atoms with van der Waals surface area (Å²) in [4.78, 5) is 30.5. The Morgan fingerprint density at radius 3 is 2.75 bits per heavy atom. The fourth-order valence-corrected chi connectivity index (χ4v) is 6.81. The van der Waals surface area contributed by atoms with E-state index in [0.717, 1.165) is 32.5 Å². The first-order chi connectivity index (χ1) is 23.4. The molecule has 1 aliphatic carbocycles. The molecular formula is C35H38F2N6O5. The highest BCUT2D eigenvalue weighted by Crippen LogP contribution is 2.47. The average Bonchev–Trinajstić information content (AvgIpc) is 3.91. The molecule has 1 aromatic carbocycles. The molecule has 0 spiro atoms. The van der Waals surface area contributed by atoms with E-state index in [0.29, 0.717) is 75.1 Å². The molecule has 252 valence electrons. The Morgan fingerprint density at radius 2 is 1.98 bits per heavy atom. The molecule has 0 bridgehead atoms. The molecule has 0 radical (unpaired) electrons. The predicted octanol–water partition coefficient (Wildman–Crippen LogP) is 3.20. The van der Waals surface area contributed by atoms with Gasteiger partial charge in [-0.1, -0.05) is 12.5 Å². The number of terminal acetylenes is 1. The van der Waals surface area contributed by atoms with Gasteiger partial charge in [-0.25, -0.2) is 8.78 Å². The Bertz CT molecular complexity index is 1760. The number of carbonyl (C=O) groups excluding carboxylic acids is 1. The lowest BCUT2D eigenvalue weighted by molar-refractivity contribution is -0.117. The highest BCUT2D eigenvalue weighted by atomic mass is 19.1. The molecule has 3 aliphatic heterocycles. The predicted molar refractivity (Wildman–Crippen MR) is 173 cm³/mol. The second kappa shape index (κ2) is 13.6. The number of rotatable bonds is 9. The SMILES string of the molecule is C#Cc1c(F)ccc2c1[C@@H](c1ncc3c(N4CCOC[C@@H](NC(=O)C=C)C4)nc(OCC4(CN5CCOCC5)CC4)nc3c1F)CCO2. The van der Waals surface area contributed by atoms with Crippen LogP contribution >= 0.6 is 0 Å². The van der Waals surface area contributed by atoms with Crippen molar-refractivity contribution in [1.29, 1.82) is 0 Å². The largest absolute Gasteiger partial charge is 0.493 e. The van der Waals surface area contributed by atoms with Gasteiger partial charge in [0, 0.05) is 55.8 Å². The summed E-state index contributed by atoms with van der Waals surface area (Å²) in [7, 11) is 0. The van der Waals surface area contributed by atoms with Gasteiger partial charge in [0.15, 0.2) is 5.82 Å². The number of amides is 1. The van der Waals surface area contributed by atoms with Crippen molar-refractivity contribution >= 4 is 22.6 Å². The fourth-order valence-electron chi connectivity index (χ4n) is 6.81. The minimum atomic E-state index is -0.664. The number of hydrogen-bond donors (Lipinski definition) is 1. The summed E-state index contributed by atoms with van der Waals surface area (Å²) in [6, 6.07) is 2.44. The minimum absolute atomic E-state index is 0.0260. The molecule has 3 aromatic rings. The molecule has 11 nitrogen and oxygen atoms in total. The maximum absolute atomic E-state index is 16.9. The lowest BCUT2D eigenvalue weighted by Gasteiger charge is -2.30. The van der Waals surface area contributed by atoms with Crippen molar-refractivity contribution in [1.82, 2.24) is 25.2 Å². The van der Waals surface area contributed by atoms with Crippen LogP contribution in [0, 0.1) is 29.4 Å². The molecule has 7 rings (SSSR count). The molecule has 4 aliphatic rings. The zero-order valence-electron chi connectivity index (χ0n) is 26.7. The number of fused-ring (bicyclic) bond motifs is 2. The first-order valence-electron chi connectivity index (χ1n) is 16.3. The molecule has 13 heteroatoms. The third-order valence-corrected chi connectivity index (χ3v) is 9.54. The third kappa shape index (κ3) is 6.52. The lowest BCUT2D eigenvalue weighted by atomic mass is 9.86. The van der Waals surface area contributed by atoms with Gasteiger partial charge in [-0.15, -0.1) is 6.42 Å². The molecule has 3 fully saturated rings. The van der Waals surface area contributed by atoms with Crippen LogP contribution in [0.15, 0.2) is 31.0 Å². The van der Waals surface area contributed by atoms with Gasteiger partial charge in [-0.2, -0.15) is 9.97 Å². The molecule has 5 heterocycles. The number of anilines is 1. The molecule has 1 N–H and O–H groups in total. The van der Waals surface area contributed by atoms with Crippen molar-refractivity contribution in [3.8, 4) is 24.1 Å². The maximum Gasteiger partial charge on any atom is 0.319 e. The van der Waals surface area contributed by atoms with Crippen LogP contribution < -0.4 is 19.7 Å². The van der Waals surface area contributed by atoms with E-state index in [1.54, 1.807) is 6.20 Å². The molecule has 2 saturated heterocycles. The van der Waals surface area contributed by atoms with Crippen molar-refractivity contribution in [3.63, 3.8) is 0 Å². The molecule has 1 amide bonds. The van der Waals surface area contributed by atoms with Crippen LogP contribution in [0.5, 0.6) is 11.8 Å². The van der Waals surface area contributed by atoms with Crippen LogP contribution in [0.2, 0.25) is 0 Å². The first-order valence-corrected chi connectivity index (χ1v) is 16.3. The second-order valence-corrected chi connectivity index (χ2v) is 12.8. The highest BCUT2D eigenvalue weighted by Gasteiger charge is 2.45. The maximum atomic E-state index is 16.9. The molecular weight excluding hydrogens is 622 g/mol. The summed E-state index contributed by atoms with van der Waals surface area (Å²) in [6.07, 6.45) is 10.8. The van der Waals surface area contributed by atoms with E-state index >= 15 is 4.39 Å². The summed E-state index contributed by atoms with van der Waals surface area (Å²) in [5.41, 5.74) is 0.505. The number of aromatic nitrogens is 3. The Kier molecular flexibility index (Phi) is 9.13. The minimum Gasteiger partial charge on any atom is -0.493 e. The number of carbonyl (C=O) groups is 1. The average molecular weight is 661 g/mol. The number of nitrogens with zero attached hydrogens (tertiary/aromatic N) is 5. The highest BCUT2D eigenvalue weighted by molar-refractivity contribution is 5.90. The van der Waals surface area contributed by atoms with Crippen LogP contribution in [-0.2, 0) is 14.3 Å². The van der Waals surface area contributed by atoms with Crippen LogP contribution in [0.1, 0.15) is 42.0 Å². The summed E-state index contributed by atoms with van der Waals surface area (Å²) >= 11 is 0. The third-order valence-electron chi connectivity index (χ3n) is 9.54. The Hall–Kier alpha value is -4.38. The van der Waals surface area contributed by atoms with Gasteiger partial charge in [0.05, 0.1) is 62.3 Å². The first kappa shape index (κ1) is 32.2. The topological polar surface area (TPSA) is 111 Å². The zero-order chi connectivity index (χ0) is 33.3. The van der Waals surface area contributed by atoms with Gasteiger partial charge < -0.3 is 29.2 Å². The van der Waals surface area contributed by atoms with Crippen molar-refractivity contribution < 1.29 is 32.5 Å². The number of benzene rings is 1. The van der Waals surface area contributed by atoms with E-state index in [1.165, 1.54) is 18.2 Å². The van der Waals surface area contributed by atoms with E-state index in [4.69, 9.17) is 30.4 Å². The number of ether oxygens (including phenoxy) is 4. The molecule has 1 saturated carbocycles. The van der Waals surface area contributed by atoms with Crippen molar-refractivity contribution in [2.75, 3.05) is 77.3 Å². The van der Waals surface area contributed by atoms with Crippen LogP contribution in [-0.4, -0.2) is 104 Å². The Labute approximate surface area is 277 Å². The van der Waals surface area contributed by atoms with Gasteiger partial charge >= 0.3 is 6.01 Å². The van der Waals surface area contributed by atoms with Gasteiger partial charge in [0.1, 0.15) is 22.9 Å². The van der Waals surface area contributed by atoms with Crippen molar-refractivity contribution in [3.05, 3.63) is 59.4 Å². The smallest absolute Gasteiger partial charge is 0.319 e. The van der Waals surface area contributed by atoms with E-state index in [1.807, 2.05) is 4.90 Å². The number of hydrogen-bond acceptors (Lipinski definition) is 10. The lowest BCUT2D eigenvalue weighted by Crippen LogP contribution is -2.44. The Balaban J connectivity index is 1.27. The van der Waals surface area contributed by atoms with Crippen molar-refractivity contribution in [2.24, 2.45) is 5.41 Å². The standard InChI is InChI=1S/C35H38F2N6O5/c1-3-23-26(36)5-6-27-29(23)24(7-13-47-27)31-30(37)32-25(17-38-31)33(43-12-16-46-19-22(18-43)39-28(44)4-2)41-34(40-32)48-21-35(8-9-35)20-42-10-14-45-15-11-42/h1,4-6,17,22,24H,2,7-16,18-21H2,(H,39,44)/t22-,24-/m0/s1. The van der Waals surface area contributed by atoms with E-state index in [9.17, 15) is 9.18 Å². The Morgan fingerprint density at radius 1 is 1.17 bits per heavy atom. The zero-order valence-corrected chi connectivity index (χ0v) is 26.7. The molecule has 48 heavy (non-hydrogen) atoms. The number of pyridine rings is 1. The van der Waals surface area contributed by atoms with Crippen LogP contribution in [0.4, 0.5) is 14.6 Å². The number of halogens is 2. The van der Waals surface area contributed by atoms with Gasteiger partial charge in [-0.05, 0) is 37.5 Å². The van der Waals surface area contributed by atoms with E-state index < -0.39 is 17.6 Å². The summed E-state index contributed by atoms with van der Waals surface area (Å²) in [5, 5.41) is 3.26.